The monoisotopic (exact) mass is 256 g/mol. The number of alkyl halides is 3. The minimum atomic E-state index is -4.32. The second-order valence-electron chi connectivity index (χ2n) is 4.89. The zero-order valence-electron chi connectivity index (χ0n) is 10.5. The third-order valence-corrected chi connectivity index (χ3v) is 2.89. The number of halogens is 3. The Morgan fingerprint density at radius 1 is 1.28 bits per heavy atom. The molecular formula is C13H15F3N2. The van der Waals surface area contributed by atoms with Gasteiger partial charge < -0.3 is 4.57 Å². The van der Waals surface area contributed by atoms with Gasteiger partial charge >= 0.3 is 6.18 Å². The molecule has 0 aliphatic heterocycles. The van der Waals surface area contributed by atoms with E-state index in [1.165, 1.54) is 6.07 Å². The molecule has 98 valence electrons. The zero-order chi connectivity index (χ0) is 13.5. The van der Waals surface area contributed by atoms with E-state index < -0.39 is 11.7 Å². The number of benzene rings is 1. The molecule has 5 heteroatoms. The van der Waals surface area contributed by atoms with Crippen LogP contribution in [0.4, 0.5) is 13.2 Å². The van der Waals surface area contributed by atoms with Crippen LogP contribution in [0.15, 0.2) is 18.2 Å². The van der Waals surface area contributed by atoms with Crippen LogP contribution >= 0.6 is 0 Å². The number of fused-ring (bicyclic) bond motifs is 1. The largest absolute Gasteiger partial charge is 0.416 e. The Morgan fingerprint density at radius 3 is 2.50 bits per heavy atom. The molecule has 0 spiro atoms. The topological polar surface area (TPSA) is 17.8 Å². The molecule has 0 atom stereocenters. The van der Waals surface area contributed by atoms with E-state index in [1.807, 2.05) is 11.6 Å². The predicted octanol–water partition coefficient (Wildman–Crippen LogP) is 3.79. The van der Waals surface area contributed by atoms with Crippen molar-refractivity contribution >= 4 is 11.0 Å². The Kier molecular flexibility index (Phi) is 3.09. The fourth-order valence-corrected chi connectivity index (χ4v) is 1.97. The maximum Gasteiger partial charge on any atom is 0.416 e. The van der Waals surface area contributed by atoms with Crippen molar-refractivity contribution < 1.29 is 13.2 Å². The summed E-state index contributed by atoms with van der Waals surface area (Å²) in [4.78, 5) is 4.29. The van der Waals surface area contributed by atoms with Gasteiger partial charge in [0, 0.05) is 13.5 Å². The minimum absolute atomic E-state index is 0.406. The SMILES string of the molecule is CC(C)Cc1nc2cc(C(F)(F)F)ccc2n1C. The number of hydrogen-bond acceptors (Lipinski definition) is 1. The van der Waals surface area contributed by atoms with Crippen LogP contribution in [0.1, 0.15) is 25.2 Å². The molecule has 0 radical (unpaired) electrons. The van der Waals surface area contributed by atoms with Gasteiger partial charge in [-0.3, -0.25) is 0 Å². The van der Waals surface area contributed by atoms with Crippen molar-refractivity contribution in [1.29, 1.82) is 0 Å². The molecule has 0 unspecified atom stereocenters. The molecule has 0 N–H and O–H groups in total. The number of imidazole rings is 1. The Morgan fingerprint density at radius 2 is 1.94 bits per heavy atom. The first-order valence-electron chi connectivity index (χ1n) is 5.81. The molecule has 0 fully saturated rings. The van der Waals surface area contributed by atoms with Crippen LogP contribution in [0.3, 0.4) is 0 Å². The van der Waals surface area contributed by atoms with Crippen molar-refractivity contribution in [2.24, 2.45) is 13.0 Å². The van der Waals surface area contributed by atoms with Crippen molar-refractivity contribution in [1.82, 2.24) is 9.55 Å². The summed E-state index contributed by atoms with van der Waals surface area (Å²) in [6.07, 6.45) is -3.56. The van der Waals surface area contributed by atoms with E-state index in [4.69, 9.17) is 0 Å². The third kappa shape index (κ3) is 2.35. The number of rotatable bonds is 2. The normalized spacial score (nSPS) is 12.6. The standard InChI is InChI=1S/C13H15F3N2/c1-8(2)6-12-17-10-7-9(13(14,15)16)4-5-11(10)18(12)3/h4-5,7-8H,6H2,1-3H3. The van der Waals surface area contributed by atoms with E-state index in [1.54, 1.807) is 0 Å². The second kappa shape index (κ2) is 4.30. The molecule has 2 aromatic rings. The Balaban J connectivity index is 2.52. The molecule has 18 heavy (non-hydrogen) atoms. The highest BCUT2D eigenvalue weighted by Crippen LogP contribution is 2.31. The van der Waals surface area contributed by atoms with Gasteiger partial charge in [0.05, 0.1) is 16.6 Å². The van der Waals surface area contributed by atoms with Crippen LogP contribution in [0.5, 0.6) is 0 Å². The van der Waals surface area contributed by atoms with Gasteiger partial charge in [0.1, 0.15) is 5.82 Å². The van der Waals surface area contributed by atoms with Gasteiger partial charge in [0.2, 0.25) is 0 Å². The first kappa shape index (κ1) is 12.9. The lowest BCUT2D eigenvalue weighted by Gasteiger charge is -2.06. The van der Waals surface area contributed by atoms with Crippen LogP contribution in [0, 0.1) is 5.92 Å². The van der Waals surface area contributed by atoms with Gasteiger partial charge in [-0.25, -0.2) is 4.98 Å². The van der Waals surface area contributed by atoms with Gasteiger partial charge in [-0.15, -0.1) is 0 Å². The summed E-state index contributed by atoms with van der Waals surface area (Å²) in [6, 6.07) is 3.69. The van der Waals surface area contributed by atoms with E-state index in [-0.39, 0.29) is 0 Å². The number of aromatic nitrogens is 2. The molecule has 0 amide bonds. The lowest BCUT2D eigenvalue weighted by molar-refractivity contribution is -0.137. The van der Waals surface area contributed by atoms with Crippen molar-refractivity contribution in [3.63, 3.8) is 0 Å². The average molecular weight is 256 g/mol. The minimum Gasteiger partial charge on any atom is -0.331 e. The van der Waals surface area contributed by atoms with Crippen LogP contribution in [0.2, 0.25) is 0 Å². The molecule has 0 aliphatic carbocycles. The predicted molar refractivity (Wildman–Crippen MR) is 64.3 cm³/mol. The third-order valence-electron chi connectivity index (χ3n) is 2.89. The highest BCUT2D eigenvalue weighted by molar-refractivity contribution is 5.77. The quantitative estimate of drug-likeness (QED) is 0.799. The molecule has 0 bridgehead atoms. The van der Waals surface area contributed by atoms with Crippen molar-refractivity contribution in [2.75, 3.05) is 0 Å². The molecule has 1 aromatic carbocycles. The van der Waals surface area contributed by atoms with E-state index in [9.17, 15) is 13.2 Å². The Labute approximate surface area is 103 Å². The highest BCUT2D eigenvalue weighted by Gasteiger charge is 2.30. The summed E-state index contributed by atoms with van der Waals surface area (Å²) >= 11 is 0. The molecule has 2 nitrogen and oxygen atoms in total. The lowest BCUT2D eigenvalue weighted by atomic mass is 10.1. The van der Waals surface area contributed by atoms with Crippen LogP contribution in [0.25, 0.3) is 11.0 Å². The summed E-state index contributed by atoms with van der Waals surface area (Å²) in [6.45, 7) is 4.11. The van der Waals surface area contributed by atoms with E-state index in [0.717, 1.165) is 29.9 Å². The molecular weight excluding hydrogens is 241 g/mol. The smallest absolute Gasteiger partial charge is 0.331 e. The van der Waals surface area contributed by atoms with E-state index in [0.29, 0.717) is 11.4 Å². The van der Waals surface area contributed by atoms with Crippen LogP contribution < -0.4 is 0 Å². The Bertz CT molecular complexity index is 567. The number of hydrogen-bond donors (Lipinski definition) is 0. The fourth-order valence-electron chi connectivity index (χ4n) is 1.97. The maximum absolute atomic E-state index is 12.6. The first-order valence-corrected chi connectivity index (χ1v) is 5.81. The Hall–Kier alpha value is -1.52. The van der Waals surface area contributed by atoms with E-state index >= 15 is 0 Å². The van der Waals surface area contributed by atoms with Gasteiger partial charge in [0.25, 0.3) is 0 Å². The number of aryl methyl sites for hydroxylation is 1. The molecule has 0 saturated heterocycles. The van der Waals surface area contributed by atoms with Gasteiger partial charge in [-0.05, 0) is 24.1 Å². The van der Waals surface area contributed by atoms with Crippen LogP contribution in [-0.2, 0) is 19.6 Å². The van der Waals surface area contributed by atoms with Gasteiger partial charge in [-0.2, -0.15) is 13.2 Å². The molecule has 2 rings (SSSR count). The summed E-state index contributed by atoms with van der Waals surface area (Å²) < 4.78 is 39.7. The molecule has 0 saturated carbocycles. The fraction of sp³-hybridized carbons (Fsp3) is 0.462. The molecule has 1 heterocycles. The summed E-state index contributed by atoms with van der Waals surface area (Å²) in [5.74, 6) is 1.24. The molecule has 1 aromatic heterocycles. The van der Waals surface area contributed by atoms with Crippen molar-refractivity contribution in [3.8, 4) is 0 Å². The van der Waals surface area contributed by atoms with Crippen molar-refractivity contribution in [3.05, 3.63) is 29.6 Å². The van der Waals surface area contributed by atoms with Gasteiger partial charge in [0.15, 0.2) is 0 Å². The molecule has 0 aliphatic rings. The van der Waals surface area contributed by atoms with Crippen LogP contribution in [-0.4, -0.2) is 9.55 Å². The lowest BCUT2D eigenvalue weighted by Crippen LogP contribution is -2.04. The zero-order valence-corrected chi connectivity index (χ0v) is 10.5. The average Bonchev–Trinajstić information content (AvgIpc) is 2.53. The maximum atomic E-state index is 12.6. The van der Waals surface area contributed by atoms with E-state index in [2.05, 4.69) is 18.8 Å². The summed E-state index contributed by atoms with van der Waals surface area (Å²) in [5.41, 5.74) is 0.492. The summed E-state index contributed by atoms with van der Waals surface area (Å²) in [7, 11) is 1.83. The summed E-state index contributed by atoms with van der Waals surface area (Å²) in [5, 5.41) is 0. The van der Waals surface area contributed by atoms with Crippen molar-refractivity contribution in [2.45, 2.75) is 26.4 Å². The first-order chi connectivity index (χ1) is 8.29. The highest BCUT2D eigenvalue weighted by atomic mass is 19.4. The van der Waals surface area contributed by atoms with Gasteiger partial charge in [-0.1, -0.05) is 13.8 Å². The number of nitrogens with zero attached hydrogens (tertiary/aromatic N) is 2. The second-order valence-corrected chi connectivity index (χ2v) is 4.89.